The minimum atomic E-state index is -0.556. The first-order valence-corrected chi connectivity index (χ1v) is 10.5. The minimum Gasteiger partial charge on any atom is -0.367 e. The van der Waals surface area contributed by atoms with E-state index in [4.69, 9.17) is 4.84 Å². The summed E-state index contributed by atoms with van der Waals surface area (Å²) in [5.74, 6) is -0.212. The molecule has 1 aliphatic rings. The Morgan fingerprint density at radius 3 is 2.33 bits per heavy atom. The van der Waals surface area contributed by atoms with Crippen LogP contribution in [0.15, 0.2) is 54.9 Å². The van der Waals surface area contributed by atoms with Crippen LogP contribution in [0.1, 0.15) is 44.7 Å². The largest absolute Gasteiger partial charge is 0.367 e. The number of nitrogens with zero attached hydrogens (tertiary/aromatic N) is 2. The third kappa shape index (κ3) is 5.66. The maximum absolute atomic E-state index is 13.3. The van der Waals surface area contributed by atoms with Crippen molar-refractivity contribution in [3.63, 3.8) is 0 Å². The molecule has 3 rings (SSSR count). The molecule has 0 atom stereocenters. The molecule has 160 valence electrons. The van der Waals surface area contributed by atoms with Gasteiger partial charge in [0.05, 0.1) is 10.8 Å². The molecule has 2 aromatic rings. The number of benzene rings is 1. The standard InChI is InChI=1S/C24H31N3O3/c1-23(2,3)22(29)30-27-14-11-24(12-15-27,16-19-8-5-4-6-9-19)21(28)26-18-20-10-7-13-25-17-20/h4-10,13,17H,11-12,14-16,18H2,1-3H3,(H,26,28). The van der Waals surface area contributed by atoms with E-state index in [2.05, 4.69) is 22.4 Å². The van der Waals surface area contributed by atoms with E-state index < -0.39 is 10.8 Å². The summed E-state index contributed by atoms with van der Waals surface area (Å²) in [6, 6.07) is 13.9. The lowest BCUT2D eigenvalue weighted by molar-refractivity contribution is -0.209. The number of hydroxylamine groups is 2. The molecule has 2 heterocycles. The zero-order chi connectivity index (χ0) is 21.6. The van der Waals surface area contributed by atoms with Gasteiger partial charge in [0.2, 0.25) is 5.91 Å². The summed E-state index contributed by atoms with van der Waals surface area (Å²) >= 11 is 0. The molecule has 0 saturated carbocycles. The number of carbonyl (C=O) groups excluding carboxylic acids is 2. The highest BCUT2D eigenvalue weighted by Crippen LogP contribution is 2.36. The van der Waals surface area contributed by atoms with Gasteiger partial charge >= 0.3 is 5.97 Å². The van der Waals surface area contributed by atoms with Gasteiger partial charge in [-0.25, -0.2) is 4.79 Å². The summed E-state index contributed by atoms with van der Waals surface area (Å²) in [5.41, 5.74) is 1.01. The van der Waals surface area contributed by atoms with E-state index in [0.717, 1.165) is 11.1 Å². The van der Waals surface area contributed by atoms with Crippen LogP contribution in [-0.2, 0) is 27.4 Å². The van der Waals surface area contributed by atoms with Gasteiger partial charge in [0.1, 0.15) is 0 Å². The number of rotatable bonds is 6. The van der Waals surface area contributed by atoms with Crippen LogP contribution in [0.25, 0.3) is 0 Å². The van der Waals surface area contributed by atoms with Crippen molar-refractivity contribution in [2.45, 2.75) is 46.6 Å². The molecule has 0 bridgehead atoms. The van der Waals surface area contributed by atoms with Crippen molar-refractivity contribution in [1.82, 2.24) is 15.4 Å². The third-order valence-corrected chi connectivity index (χ3v) is 5.55. The van der Waals surface area contributed by atoms with E-state index in [9.17, 15) is 9.59 Å². The molecule has 1 aliphatic heterocycles. The van der Waals surface area contributed by atoms with E-state index in [-0.39, 0.29) is 11.9 Å². The smallest absolute Gasteiger partial charge is 0.330 e. The van der Waals surface area contributed by atoms with Crippen LogP contribution in [-0.4, -0.2) is 35.0 Å². The van der Waals surface area contributed by atoms with Crippen LogP contribution in [0.3, 0.4) is 0 Å². The van der Waals surface area contributed by atoms with E-state index in [1.807, 2.05) is 51.1 Å². The van der Waals surface area contributed by atoms with Crippen molar-refractivity contribution in [3.8, 4) is 0 Å². The predicted molar refractivity (Wildman–Crippen MR) is 115 cm³/mol. The molecule has 1 amide bonds. The van der Waals surface area contributed by atoms with Crippen molar-refractivity contribution >= 4 is 11.9 Å². The Kier molecular flexibility index (Phi) is 6.87. The molecule has 30 heavy (non-hydrogen) atoms. The highest BCUT2D eigenvalue weighted by Gasteiger charge is 2.42. The third-order valence-electron chi connectivity index (χ3n) is 5.55. The molecule has 6 heteroatoms. The molecule has 0 unspecified atom stereocenters. The summed E-state index contributed by atoms with van der Waals surface area (Å²) < 4.78 is 0. The van der Waals surface area contributed by atoms with Gasteiger partial charge in [-0.15, -0.1) is 5.06 Å². The minimum absolute atomic E-state index is 0.0389. The predicted octanol–water partition coefficient (Wildman–Crippen LogP) is 3.53. The Balaban J connectivity index is 1.69. The second kappa shape index (κ2) is 9.39. The van der Waals surface area contributed by atoms with Crippen LogP contribution in [0.4, 0.5) is 0 Å². The quantitative estimate of drug-likeness (QED) is 0.790. The average Bonchev–Trinajstić information content (AvgIpc) is 2.74. The molecule has 1 fully saturated rings. The highest BCUT2D eigenvalue weighted by molar-refractivity contribution is 5.83. The molecule has 0 spiro atoms. The highest BCUT2D eigenvalue weighted by atomic mass is 16.7. The first kappa shape index (κ1) is 22.0. The van der Waals surface area contributed by atoms with Gasteiger partial charge in [0.25, 0.3) is 0 Å². The van der Waals surface area contributed by atoms with Crippen LogP contribution in [0, 0.1) is 10.8 Å². The van der Waals surface area contributed by atoms with Gasteiger partial charge in [-0.05, 0) is 57.2 Å². The Morgan fingerprint density at radius 1 is 1.07 bits per heavy atom. The van der Waals surface area contributed by atoms with Crippen molar-refractivity contribution in [3.05, 3.63) is 66.0 Å². The Bertz CT molecular complexity index is 839. The average molecular weight is 410 g/mol. The molecule has 1 N–H and O–H groups in total. The second-order valence-corrected chi connectivity index (χ2v) is 9.04. The normalized spacial score (nSPS) is 16.6. The number of aromatic nitrogens is 1. The van der Waals surface area contributed by atoms with Gasteiger partial charge < -0.3 is 10.2 Å². The van der Waals surface area contributed by atoms with Crippen LogP contribution >= 0.6 is 0 Å². The number of hydrogen-bond donors (Lipinski definition) is 1. The lowest BCUT2D eigenvalue weighted by Gasteiger charge is -2.40. The monoisotopic (exact) mass is 409 g/mol. The molecule has 6 nitrogen and oxygen atoms in total. The summed E-state index contributed by atoms with van der Waals surface area (Å²) in [6.45, 7) is 7.04. The first-order valence-electron chi connectivity index (χ1n) is 10.5. The number of pyridine rings is 1. The Morgan fingerprint density at radius 2 is 1.73 bits per heavy atom. The number of amides is 1. The molecular weight excluding hydrogens is 378 g/mol. The zero-order valence-corrected chi connectivity index (χ0v) is 18.1. The number of hydrogen-bond acceptors (Lipinski definition) is 5. The molecule has 1 aromatic carbocycles. The van der Waals surface area contributed by atoms with Gasteiger partial charge in [-0.3, -0.25) is 9.78 Å². The van der Waals surface area contributed by atoms with Gasteiger partial charge in [-0.1, -0.05) is 36.4 Å². The maximum Gasteiger partial charge on any atom is 0.330 e. The number of nitrogens with one attached hydrogen (secondary N) is 1. The fraction of sp³-hybridized carbons (Fsp3) is 0.458. The van der Waals surface area contributed by atoms with Gasteiger partial charge in [-0.2, -0.15) is 0 Å². The fourth-order valence-electron chi connectivity index (χ4n) is 3.60. The molecule has 0 aliphatic carbocycles. The van der Waals surface area contributed by atoms with Crippen molar-refractivity contribution in [2.24, 2.45) is 10.8 Å². The number of carbonyl (C=O) groups is 2. The van der Waals surface area contributed by atoms with Crippen LogP contribution in [0.5, 0.6) is 0 Å². The molecule has 0 radical (unpaired) electrons. The summed E-state index contributed by atoms with van der Waals surface area (Å²) in [6.07, 6.45) is 5.39. The van der Waals surface area contributed by atoms with Gasteiger partial charge in [0, 0.05) is 32.0 Å². The SMILES string of the molecule is CC(C)(C)C(=O)ON1CCC(Cc2ccccc2)(C(=O)NCc2cccnc2)CC1. The molecule has 1 saturated heterocycles. The van der Waals surface area contributed by atoms with E-state index in [1.54, 1.807) is 17.5 Å². The van der Waals surface area contributed by atoms with E-state index in [0.29, 0.717) is 38.9 Å². The van der Waals surface area contributed by atoms with Crippen LogP contribution in [0.2, 0.25) is 0 Å². The molecule has 1 aromatic heterocycles. The number of piperidine rings is 1. The zero-order valence-electron chi connectivity index (χ0n) is 18.1. The lowest BCUT2D eigenvalue weighted by atomic mass is 9.73. The summed E-state index contributed by atoms with van der Waals surface area (Å²) in [5, 5.41) is 4.80. The van der Waals surface area contributed by atoms with Crippen molar-refractivity contribution in [2.75, 3.05) is 13.1 Å². The van der Waals surface area contributed by atoms with Crippen LogP contribution < -0.4 is 5.32 Å². The Hall–Kier alpha value is -2.73. The van der Waals surface area contributed by atoms with E-state index >= 15 is 0 Å². The van der Waals surface area contributed by atoms with Gasteiger partial charge in [0.15, 0.2) is 0 Å². The van der Waals surface area contributed by atoms with Crippen molar-refractivity contribution < 1.29 is 14.4 Å². The second-order valence-electron chi connectivity index (χ2n) is 9.04. The van der Waals surface area contributed by atoms with Crippen molar-refractivity contribution in [1.29, 1.82) is 0 Å². The fourth-order valence-corrected chi connectivity index (χ4v) is 3.60. The maximum atomic E-state index is 13.3. The summed E-state index contributed by atoms with van der Waals surface area (Å²) in [7, 11) is 0. The first-order chi connectivity index (χ1) is 14.3. The van der Waals surface area contributed by atoms with E-state index in [1.165, 1.54) is 0 Å². The lowest BCUT2D eigenvalue weighted by Crippen LogP contribution is -2.50. The molecular formula is C24H31N3O3. The topological polar surface area (TPSA) is 71.5 Å². The Labute approximate surface area is 178 Å². The summed E-state index contributed by atoms with van der Waals surface area (Å²) in [4.78, 5) is 35.2.